The molecule has 8 heteroatoms. The van der Waals surface area contributed by atoms with Crippen molar-refractivity contribution in [2.24, 2.45) is 14.1 Å². The first-order valence-electron chi connectivity index (χ1n) is 10.0. The maximum absolute atomic E-state index is 13.6. The molecule has 1 N–H and O–H groups in total. The number of nitrogens with zero attached hydrogens (tertiary/aromatic N) is 4. The van der Waals surface area contributed by atoms with E-state index >= 15 is 0 Å². The third-order valence-electron chi connectivity index (χ3n) is 5.69. The van der Waals surface area contributed by atoms with Crippen molar-refractivity contribution in [2.75, 3.05) is 6.54 Å². The highest BCUT2D eigenvalue weighted by atomic mass is 79.9. The molecule has 1 amide bonds. The predicted octanol–water partition coefficient (Wildman–Crippen LogP) is 3.56. The van der Waals surface area contributed by atoms with E-state index in [0.29, 0.717) is 23.1 Å². The minimum Gasteiger partial charge on any atom is -0.347 e. The zero-order chi connectivity index (χ0) is 22.1. The number of benzene rings is 2. The summed E-state index contributed by atoms with van der Waals surface area (Å²) >= 11 is 3.54. The van der Waals surface area contributed by atoms with E-state index in [1.807, 2.05) is 18.2 Å². The van der Waals surface area contributed by atoms with Crippen LogP contribution in [0.4, 0.5) is 0 Å². The largest absolute Gasteiger partial charge is 0.347 e. The number of aromatic amines is 1. The molecule has 7 nitrogen and oxygen atoms in total. The van der Waals surface area contributed by atoms with Crippen molar-refractivity contribution in [1.82, 2.24) is 24.0 Å². The molecule has 0 unspecified atom stereocenters. The summed E-state index contributed by atoms with van der Waals surface area (Å²) in [6.45, 7) is 2.99. The van der Waals surface area contributed by atoms with Gasteiger partial charge < -0.3 is 9.88 Å². The van der Waals surface area contributed by atoms with Crippen LogP contribution < -0.4 is 5.69 Å². The Morgan fingerprint density at radius 3 is 2.55 bits per heavy atom. The van der Waals surface area contributed by atoms with E-state index in [9.17, 15) is 9.59 Å². The number of carbonyl (C=O) groups excluding carboxylic acids is 1. The van der Waals surface area contributed by atoms with E-state index in [0.717, 1.165) is 23.3 Å². The molecule has 160 valence electrons. The lowest BCUT2D eigenvalue weighted by Gasteiger charge is -2.23. The molecule has 0 atom stereocenters. The number of amides is 1. The summed E-state index contributed by atoms with van der Waals surface area (Å²) in [5.41, 5.74) is 4.29. The molecular weight excluding hydrogens is 458 g/mol. The lowest BCUT2D eigenvalue weighted by Crippen LogP contribution is -2.33. The van der Waals surface area contributed by atoms with Gasteiger partial charge in [0.2, 0.25) is 0 Å². The normalized spacial score (nSPS) is 11.2. The number of carbonyl (C=O) groups is 1. The van der Waals surface area contributed by atoms with Crippen LogP contribution in [0.1, 0.15) is 27.3 Å². The van der Waals surface area contributed by atoms with Crippen LogP contribution >= 0.6 is 15.9 Å². The smallest absolute Gasteiger partial charge is 0.328 e. The molecule has 0 saturated carbocycles. The number of hydrogen-bond donors (Lipinski definition) is 1. The monoisotopic (exact) mass is 481 g/mol. The van der Waals surface area contributed by atoms with Crippen molar-refractivity contribution in [2.45, 2.75) is 19.9 Å². The van der Waals surface area contributed by atoms with Gasteiger partial charge in [0.25, 0.3) is 5.91 Å². The molecule has 2 heterocycles. The Kier molecular flexibility index (Phi) is 5.82. The number of aromatic nitrogens is 4. The number of hydrogen-bond acceptors (Lipinski definition) is 3. The Morgan fingerprint density at radius 1 is 1.16 bits per heavy atom. The molecular formula is C23H24BrN5O2. The van der Waals surface area contributed by atoms with Gasteiger partial charge >= 0.3 is 5.69 Å². The minimum atomic E-state index is -0.126. The molecule has 0 aliphatic heterocycles. The van der Waals surface area contributed by atoms with E-state index in [2.05, 4.69) is 45.0 Å². The fraction of sp³-hybridized carbons (Fsp3) is 0.261. The van der Waals surface area contributed by atoms with Gasteiger partial charge in [0.05, 0.1) is 23.1 Å². The van der Waals surface area contributed by atoms with Gasteiger partial charge in [-0.05, 0) is 52.5 Å². The zero-order valence-electron chi connectivity index (χ0n) is 17.7. The van der Waals surface area contributed by atoms with Crippen LogP contribution in [0.3, 0.4) is 0 Å². The second kappa shape index (κ2) is 8.55. The van der Waals surface area contributed by atoms with E-state index in [4.69, 9.17) is 0 Å². The van der Waals surface area contributed by atoms with Crippen LogP contribution in [0.25, 0.3) is 11.0 Å². The Hall–Kier alpha value is -3.13. The van der Waals surface area contributed by atoms with E-state index in [1.165, 1.54) is 11.1 Å². The summed E-state index contributed by atoms with van der Waals surface area (Å²) in [5.74, 6) is 0.609. The number of rotatable bonds is 6. The second-order valence-electron chi connectivity index (χ2n) is 7.66. The Bertz CT molecular complexity index is 1300. The Balaban J connectivity index is 1.69. The van der Waals surface area contributed by atoms with Gasteiger partial charge in [0.15, 0.2) is 0 Å². The highest BCUT2D eigenvalue weighted by Crippen LogP contribution is 2.25. The van der Waals surface area contributed by atoms with Gasteiger partial charge in [0, 0.05) is 37.5 Å². The second-order valence-corrected chi connectivity index (χ2v) is 8.51. The Morgan fingerprint density at radius 2 is 1.87 bits per heavy atom. The number of aryl methyl sites for hydroxylation is 3. The fourth-order valence-corrected chi connectivity index (χ4v) is 4.32. The van der Waals surface area contributed by atoms with Crippen molar-refractivity contribution < 1.29 is 4.79 Å². The molecule has 0 radical (unpaired) electrons. The number of nitrogens with one attached hydrogen (secondary N) is 1. The van der Waals surface area contributed by atoms with Crippen LogP contribution in [0.15, 0.2) is 58.1 Å². The highest BCUT2D eigenvalue weighted by molar-refractivity contribution is 9.10. The molecule has 31 heavy (non-hydrogen) atoms. The average Bonchev–Trinajstić information content (AvgIpc) is 3.34. The standard InChI is InChI=1S/C23H24BrN5O2/c1-15-6-4-5-7-16(15)8-11-29(14-21-25-9-10-26-21)22(30)17-12-19-20(13-18(17)24)28(3)23(31)27(19)2/h4-7,9-10,12-13H,8,11,14H2,1-3H3,(H,25,26). The van der Waals surface area contributed by atoms with Crippen LogP contribution in [0.2, 0.25) is 0 Å². The molecule has 4 aromatic rings. The third kappa shape index (κ3) is 4.07. The zero-order valence-corrected chi connectivity index (χ0v) is 19.3. The summed E-state index contributed by atoms with van der Waals surface area (Å²) in [4.78, 5) is 35.1. The lowest BCUT2D eigenvalue weighted by atomic mass is 10.1. The highest BCUT2D eigenvalue weighted by Gasteiger charge is 2.22. The van der Waals surface area contributed by atoms with Gasteiger partial charge in [-0.3, -0.25) is 13.9 Å². The quantitative estimate of drug-likeness (QED) is 0.457. The van der Waals surface area contributed by atoms with Crippen molar-refractivity contribution in [1.29, 1.82) is 0 Å². The number of H-pyrrole nitrogens is 1. The SMILES string of the molecule is Cc1ccccc1CCN(Cc1ncc[nH]1)C(=O)c1cc2c(cc1Br)n(C)c(=O)n2C. The van der Waals surface area contributed by atoms with Gasteiger partial charge in [-0.1, -0.05) is 24.3 Å². The first-order valence-corrected chi connectivity index (χ1v) is 10.8. The number of halogens is 1. The van der Waals surface area contributed by atoms with Gasteiger partial charge in [-0.25, -0.2) is 9.78 Å². The van der Waals surface area contributed by atoms with Crippen molar-refractivity contribution in [3.05, 3.63) is 86.3 Å². The molecule has 2 aromatic carbocycles. The van der Waals surface area contributed by atoms with Crippen molar-refractivity contribution >= 4 is 32.9 Å². The summed E-state index contributed by atoms with van der Waals surface area (Å²) < 4.78 is 3.79. The molecule has 0 saturated heterocycles. The van der Waals surface area contributed by atoms with Crippen LogP contribution in [0.5, 0.6) is 0 Å². The topological polar surface area (TPSA) is 75.9 Å². The summed E-state index contributed by atoms with van der Waals surface area (Å²) in [7, 11) is 3.44. The Labute approximate surface area is 188 Å². The summed E-state index contributed by atoms with van der Waals surface area (Å²) in [5, 5.41) is 0. The van der Waals surface area contributed by atoms with Crippen LogP contribution in [-0.2, 0) is 27.1 Å². The van der Waals surface area contributed by atoms with Gasteiger partial charge in [-0.2, -0.15) is 0 Å². The number of imidazole rings is 2. The van der Waals surface area contributed by atoms with Crippen molar-refractivity contribution in [3.8, 4) is 0 Å². The van der Waals surface area contributed by atoms with E-state index in [-0.39, 0.29) is 11.6 Å². The maximum Gasteiger partial charge on any atom is 0.328 e. The first kappa shape index (κ1) is 21.1. The van der Waals surface area contributed by atoms with Crippen molar-refractivity contribution in [3.63, 3.8) is 0 Å². The van der Waals surface area contributed by atoms with Crippen LogP contribution in [0, 0.1) is 6.92 Å². The van der Waals surface area contributed by atoms with Crippen LogP contribution in [-0.4, -0.2) is 36.5 Å². The average molecular weight is 482 g/mol. The molecule has 2 aromatic heterocycles. The number of fused-ring (bicyclic) bond motifs is 1. The summed E-state index contributed by atoms with van der Waals surface area (Å²) in [6.07, 6.45) is 4.17. The minimum absolute atomic E-state index is 0.116. The first-order chi connectivity index (χ1) is 14.9. The summed E-state index contributed by atoms with van der Waals surface area (Å²) in [6, 6.07) is 11.8. The molecule has 0 bridgehead atoms. The lowest BCUT2D eigenvalue weighted by molar-refractivity contribution is 0.0740. The maximum atomic E-state index is 13.6. The molecule has 0 aliphatic rings. The van der Waals surface area contributed by atoms with Gasteiger partial charge in [-0.15, -0.1) is 0 Å². The van der Waals surface area contributed by atoms with E-state index in [1.54, 1.807) is 46.6 Å². The third-order valence-corrected chi connectivity index (χ3v) is 6.34. The molecule has 0 fully saturated rings. The predicted molar refractivity (Wildman–Crippen MR) is 124 cm³/mol. The van der Waals surface area contributed by atoms with E-state index < -0.39 is 0 Å². The molecule has 0 spiro atoms. The fourth-order valence-electron chi connectivity index (χ4n) is 3.82. The van der Waals surface area contributed by atoms with Gasteiger partial charge in [0.1, 0.15) is 5.82 Å². The molecule has 4 rings (SSSR count). The molecule has 0 aliphatic carbocycles.